The monoisotopic (exact) mass is 347 g/mol. The molecule has 0 aliphatic heterocycles. The summed E-state index contributed by atoms with van der Waals surface area (Å²) < 4.78 is 0.469. The van der Waals surface area contributed by atoms with E-state index >= 15 is 0 Å². The third-order valence-corrected chi connectivity index (χ3v) is 3.41. The normalized spacial score (nSPS) is 11.0. The summed E-state index contributed by atoms with van der Waals surface area (Å²) in [5, 5.41) is 22.7. The summed E-state index contributed by atoms with van der Waals surface area (Å²) in [7, 11) is 0. The lowest BCUT2D eigenvalue weighted by Gasteiger charge is -2.10. The van der Waals surface area contributed by atoms with Crippen molar-refractivity contribution in [1.82, 2.24) is 0 Å². The molecule has 0 heterocycles. The number of hydrogen-bond donors (Lipinski definition) is 0. The lowest BCUT2D eigenvalue weighted by Crippen LogP contribution is -2.02. The van der Waals surface area contributed by atoms with Crippen molar-refractivity contribution in [3.8, 4) is 5.75 Å². The molecule has 5 nitrogen and oxygen atoms in total. The zero-order valence-corrected chi connectivity index (χ0v) is 12.8. The molecule has 2 rings (SSSR count). The highest BCUT2D eigenvalue weighted by atomic mass is 79.9. The number of aryl methyl sites for hydroxylation is 1. The van der Waals surface area contributed by atoms with Gasteiger partial charge in [0.15, 0.2) is 0 Å². The van der Waals surface area contributed by atoms with Gasteiger partial charge in [-0.05, 0) is 41.5 Å². The Hall–Kier alpha value is -2.21. The number of nitro groups is 1. The first kappa shape index (κ1) is 15.2. The Labute approximate surface area is 130 Å². The van der Waals surface area contributed by atoms with Gasteiger partial charge < -0.3 is 5.11 Å². The van der Waals surface area contributed by atoms with Crippen LogP contribution in [-0.4, -0.2) is 11.1 Å². The summed E-state index contributed by atoms with van der Waals surface area (Å²) in [5.74, 6) is -0.642. The minimum absolute atomic E-state index is 0.177. The first-order valence-corrected chi connectivity index (χ1v) is 7.08. The van der Waals surface area contributed by atoms with Crippen LogP contribution in [0.5, 0.6) is 5.75 Å². The standard InChI is InChI=1S/C15H13BrN2O3/c1-2-10-3-5-13(6-4-10)17-9-11-7-12(16)8-14(15(11)19)18(20)21/h3-9,19H,2H2,1H3/p-1. The van der Waals surface area contributed by atoms with Gasteiger partial charge in [-0.1, -0.05) is 35.0 Å². The summed E-state index contributed by atoms with van der Waals surface area (Å²) in [6.07, 6.45) is 2.29. The van der Waals surface area contributed by atoms with Gasteiger partial charge in [-0.3, -0.25) is 15.1 Å². The van der Waals surface area contributed by atoms with Gasteiger partial charge in [0, 0.05) is 16.8 Å². The highest BCUT2D eigenvalue weighted by molar-refractivity contribution is 9.10. The predicted octanol–water partition coefficient (Wildman–Crippen LogP) is 3.74. The molecule has 0 radical (unpaired) electrons. The van der Waals surface area contributed by atoms with Crippen molar-refractivity contribution < 1.29 is 10.0 Å². The van der Waals surface area contributed by atoms with Gasteiger partial charge in [-0.15, -0.1) is 0 Å². The second-order valence-corrected chi connectivity index (χ2v) is 5.29. The molecule has 108 valence electrons. The summed E-state index contributed by atoms with van der Waals surface area (Å²) in [6.45, 7) is 2.06. The Morgan fingerprint density at radius 1 is 1.29 bits per heavy atom. The predicted molar refractivity (Wildman–Crippen MR) is 83.3 cm³/mol. The Kier molecular flexibility index (Phi) is 4.70. The van der Waals surface area contributed by atoms with Crippen molar-refractivity contribution in [3.05, 3.63) is 62.1 Å². The van der Waals surface area contributed by atoms with Crippen LogP contribution in [0.1, 0.15) is 18.1 Å². The second kappa shape index (κ2) is 6.49. The maximum atomic E-state index is 11.9. The van der Waals surface area contributed by atoms with Gasteiger partial charge in [0.05, 0.1) is 10.6 Å². The SMILES string of the molecule is CCc1ccc(N=Cc2cc(Br)cc([N+](=O)[O-])c2[O-])cc1. The molecule has 0 saturated carbocycles. The molecular formula is C15H12BrN2O3-. The van der Waals surface area contributed by atoms with Gasteiger partial charge >= 0.3 is 0 Å². The van der Waals surface area contributed by atoms with Gasteiger partial charge in [-0.2, -0.15) is 0 Å². The van der Waals surface area contributed by atoms with Crippen molar-refractivity contribution >= 4 is 33.5 Å². The number of nitro benzene ring substituents is 1. The average Bonchev–Trinajstić information content (AvgIpc) is 2.48. The van der Waals surface area contributed by atoms with E-state index in [4.69, 9.17) is 0 Å². The third-order valence-electron chi connectivity index (χ3n) is 2.96. The molecule has 0 aliphatic carbocycles. The molecule has 0 aromatic heterocycles. The molecule has 0 N–H and O–H groups in total. The molecule has 0 atom stereocenters. The summed E-state index contributed by atoms with van der Waals surface area (Å²) in [5.41, 5.74) is 1.59. The van der Waals surface area contributed by atoms with Crippen molar-refractivity contribution in [3.63, 3.8) is 0 Å². The van der Waals surface area contributed by atoms with Gasteiger partial charge in [0.1, 0.15) is 0 Å². The number of halogens is 1. The van der Waals surface area contributed by atoms with Crippen molar-refractivity contribution in [2.45, 2.75) is 13.3 Å². The van der Waals surface area contributed by atoms with E-state index in [2.05, 4.69) is 27.8 Å². The highest BCUT2D eigenvalue weighted by Gasteiger charge is 2.10. The summed E-state index contributed by atoms with van der Waals surface area (Å²) in [4.78, 5) is 14.3. The second-order valence-electron chi connectivity index (χ2n) is 4.38. The highest BCUT2D eigenvalue weighted by Crippen LogP contribution is 2.30. The van der Waals surface area contributed by atoms with E-state index in [1.807, 2.05) is 24.3 Å². The quantitative estimate of drug-likeness (QED) is 0.480. The molecule has 6 heteroatoms. The molecule has 21 heavy (non-hydrogen) atoms. The van der Waals surface area contributed by atoms with Gasteiger partial charge in [0.2, 0.25) is 0 Å². The van der Waals surface area contributed by atoms with Crippen LogP contribution in [0, 0.1) is 10.1 Å². The zero-order valence-electron chi connectivity index (χ0n) is 11.2. The molecule has 0 unspecified atom stereocenters. The fraction of sp³-hybridized carbons (Fsp3) is 0.133. The Morgan fingerprint density at radius 2 is 1.95 bits per heavy atom. The van der Waals surface area contributed by atoms with Crippen LogP contribution >= 0.6 is 15.9 Å². The van der Waals surface area contributed by atoms with Crippen LogP contribution in [0.4, 0.5) is 11.4 Å². The number of nitrogens with zero attached hydrogens (tertiary/aromatic N) is 2. The maximum absolute atomic E-state index is 11.9. The molecule has 0 saturated heterocycles. The summed E-state index contributed by atoms with van der Waals surface area (Å²) >= 11 is 3.16. The molecule has 2 aromatic carbocycles. The largest absolute Gasteiger partial charge is 0.867 e. The molecule has 0 bridgehead atoms. The Bertz CT molecular complexity index is 697. The number of hydrogen-bond acceptors (Lipinski definition) is 4. The van der Waals surface area contributed by atoms with Crippen LogP contribution in [0.2, 0.25) is 0 Å². The topological polar surface area (TPSA) is 78.6 Å². The molecule has 0 spiro atoms. The Morgan fingerprint density at radius 3 is 2.52 bits per heavy atom. The van der Waals surface area contributed by atoms with Crippen LogP contribution in [0.15, 0.2) is 45.9 Å². The van der Waals surface area contributed by atoms with E-state index in [9.17, 15) is 15.2 Å². The van der Waals surface area contributed by atoms with Crippen LogP contribution < -0.4 is 5.11 Å². The third kappa shape index (κ3) is 3.66. The molecule has 0 aliphatic rings. The maximum Gasteiger partial charge on any atom is 0.263 e. The van der Waals surface area contributed by atoms with Crippen LogP contribution in [-0.2, 0) is 6.42 Å². The molecule has 2 aromatic rings. The van der Waals surface area contributed by atoms with Crippen molar-refractivity contribution in [2.75, 3.05) is 0 Å². The number of aliphatic imine (C=N–C) groups is 1. The molecule has 0 fully saturated rings. The average molecular weight is 348 g/mol. The zero-order chi connectivity index (χ0) is 15.4. The number of benzene rings is 2. The van der Waals surface area contributed by atoms with E-state index in [1.165, 1.54) is 23.9 Å². The van der Waals surface area contributed by atoms with E-state index in [0.29, 0.717) is 10.2 Å². The first-order valence-electron chi connectivity index (χ1n) is 6.29. The van der Waals surface area contributed by atoms with Gasteiger partial charge in [-0.25, -0.2) is 0 Å². The minimum Gasteiger partial charge on any atom is -0.867 e. The van der Waals surface area contributed by atoms with Gasteiger partial charge in [0.25, 0.3) is 5.69 Å². The fourth-order valence-electron chi connectivity index (χ4n) is 1.79. The van der Waals surface area contributed by atoms with Crippen LogP contribution in [0.3, 0.4) is 0 Å². The lowest BCUT2D eigenvalue weighted by molar-refractivity contribution is -0.398. The van der Waals surface area contributed by atoms with Crippen LogP contribution in [0.25, 0.3) is 0 Å². The van der Waals surface area contributed by atoms with Crippen molar-refractivity contribution in [2.24, 2.45) is 4.99 Å². The Balaban J connectivity index is 2.33. The minimum atomic E-state index is -0.694. The fourth-order valence-corrected chi connectivity index (χ4v) is 2.26. The van der Waals surface area contributed by atoms with E-state index in [-0.39, 0.29) is 5.56 Å². The lowest BCUT2D eigenvalue weighted by atomic mass is 10.1. The summed E-state index contributed by atoms with van der Waals surface area (Å²) in [6, 6.07) is 10.3. The first-order chi connectivity index (χ1) is 10.0. The van der Waals surface area contributed by atoms with Crippen molar-refractivity contribution in [1.29, 1.82) is 0 Å². The molecule has 0 amide bonds. The van der Waals surface area contributed by atoms with E-state index in [1.54, 1.807) is 0 Å². The smallest absolute Gasteiger partial charge is 0.263 e. The van der Waals surface area contributed by atoms with E-state index < -0.39 is 16.4 Å². The van der Waals surface area contributed by atoms with E-state index in [0.717, 1.165) is 6.42 Å². The number of rotatable bonds is 4. The molecular weight excluding hydrogens is 336 g/mol.